The Balaban J connectivity index is 2.72. The first-order valence-electron chi connectivity index (χ1n) is 4.61. The van der Waals surface area contributed by atoms with Gasteiger partial charge in [-0.2, -0.15) is 0 Å². The number of aromatic carboxylic acids is 1. The third-order valence-electron chi connectivity index (χ3n) is 2.33. The average Bonchev–Trinajstić information content (AvgIpc) is 2.56. The van der Waals surface area contributed by atoms with Crippen molar-refractivity contribution in [3.8, 4) is 5.75 Å². The lowest BCUT2D eigenvalue weighted by atomic mass is 10.1. The van der Waals surface area contributed by atoms with Crippen molar-refractivity contribution in [2.24, 2.45) is 0 Å². The number of carbonyl (C=O) groups is 1. The maximum atomic E-state index is 10.7. The molecule has 0 aliphatic carbocycles. The Morgan fingerprint density at radius 3 is 2.80 bits per heavy atom. The number of aryl methyl sites for hydroxylation is 1. The predicted octanol–water partition coefficient (Wildman–Crippen LogP) is 2.40. The van der Waals surface area contributed by atoms with Crippen LogP contribution in [-0.2, 0) is 6.42 Å². The van der Waals surface area contributed by atoms with Crippen LogP contribution in [0.25, 0.3) is 11.0 Å². The molecule has 4 heteroatoms. The fourth-order valence-electron chi connectivity index (χ4n) is 1.50. The lowest BCUT2D eigenvalue weighted by Crippen LogP contribution is -1.92. The molecule has 0 unspecified atom stereocenters. The minimum atomic E-state index is -1.26. The van der Waals surface area contributed by atoms with Gasteiger partial charge in [0.25, 0.3) is 5.76 Å². The van der Waals surface area contributed by atoms with Crippen LogP contribution in [0.4, 0.5) is 0 Å². The number of furan rings is 1. The molecule has 1 aromatic heterocycles. The van der Waals surface area contributed by atoms with E-state index in [-0.39, 0.29) is 5.75 Å². The number of carboxylic acids is 1. The fourth-order valence-corrected chi connectivity index (χ4v) is 1.50. The quantitative estimate of drug-likeness (QED) is 0.791. The molecule has 0 saturated carbocycles. The monoisotopic (exact) mass is 206 g/mol. The van der Waals surface area contributed by atoms with Crippen LogP contribution in [0.15, 0.2) is 22.6 Å². The highest BCUT2D eigenvalue weighted by Gasteiger charge is 2.19. The second-order valence-electron chi connectivity index (χ2n) is 3.27. The normalized spacial score (nSPS) is 10.7. The molecule has 78 valence electrons. The molecule has 0 fully saturated rings. The van der Waals surface area contributed by atoms with Crippen molar-refractivity contribution >= 4 is 16.9 Å². The molecule has 0 aliphatic rings. The van der Waals surface area contributed by atoms with E-state index < -0.39 is 11.7 Å². The molecule has 2 aromatic rings. The molecule has 1 heterocycles. The van der Waals surface area contributed by atoms with Gasteiger partial charge in [0, 0.05) is 0 Å². The Labute approximate surface area is 85.8 Å². The second-order valence-corrected chi connectivity index (χ2v) is 3.27. The first-order valence-corrected chi connectivity index (χ1v) is 4.61. The van der Waals surface area contributed by atoms with Crippen molar-refractivity contribution < 1.29 is 19.4 Å². The number of rotatable bonds is 2. The van der Waals surface area contributed by atoms with E-state index in [0.717, 1.165) is 12.0 Å². The summed E-state index contributed by atoms with van der Waals surface area (Å²) >= 11 is 0. The molecule has 0 atom stereocenters. The predicted molar refractivity (Wildman–Crippen MR) is 54.2 cm³/mol. The largest absolute Gasteiger partial charge is 0.504 e. The molecule has 1 aromatic carbocycles. The van der Waals surface area contributed by atoms with Crippen LogP contribution in [0.2, 0.25) is 0 Å². The SMILES string of the molecule is CCc1ccc2oc(C(=O)O)c(O)c2c1. The summed E-state index contributed by atoms with van der Waals surface area (Å²) in [5.41, 5.74) is 1.41. The zero-order chi connectivity index (χ0) is 11.0. The summed E-state index contributed by atoms with van der Waals surface area (Å²) in [5, 5.41) is 18.8. The van der Waals surface area contributed by atoms with Crippen LogP contribution in [-0.4, -0.2) is 16.2 Å². The van der Waals surface area contributed by atoms with Crippen LogP contribution in [0, 0.1) is 0 Å². The van der Waals surface area contributed by atoms with Crippen LogP contribution in [0.1, 0.15) is 23.0 Å². The molecule has 15 heavy (non-hydrogen) atoms. The fraction of sp³-hybridized carbons (Fsp3) is 0.182. The van der Waals surface area contributed by atoms with Gasteiger partial charge in [-0.15, -0.1) is 0 Å². The molecule has 2 N–H and O–H groups in total. The first kappa shape index (κ1) is 9.58. The minimum Gasteiger partial charge on any atom is -0.504 e. The Morgan fingerprint density at radius 1 is 1.47 bits per heavy atom. The van der Waals surface area contributed by atoms with E-state index in [9.17, 15) is 9.90 Å². The van der Waals surface area contributed by atoms with Crippen molar-refractivity contribution in [2.75, 3.05) is 0 Å². The molecule has 0 amide bonds. The zero-order valence-corrected chi connectivity index (χ0v) is 8.15. The maximum absolute atomic E-state index is 10.7. The van der Waals surface area contributed by atoms with Crippen molar-refractivity contribution in [3.05, 3.63) is 29.5 Å². The molecule has 0 saturated heterocycles. The number of aromatic hydroxyl groups is 1. The Bertz CT molecular complexity index is 525. The maximum Gasteiger partial charge on any atom is 0.375 e. The van der Waals surface area contributed by atoms with Gasteiger partial charge >= 0.3 is 5.97 Å². The number of carboxylic acid groups (broad SMARTS) is 1. The molecule has 0 spiro atoms. The van der Waals surface area contributed by atoms with Crippen LogP contribution < -0.4 is 0 Å². The molecular formula is C11H10O4. The van der Waals surface area contributed by atoms with E-state index in [4.69, 9.17) is 9.52 Å². The summed E-state index contributed by atoms with van der Waals surface area (Å²) < 4.78 is 5.01. The molecular weight excluding hydrogens is 196 g/mol. The first-order chi connectivity index (χ1) is 7.13. The number of benzene rings is 1. The lowest BCUT2D eigenvalue weighted by Gasteiger charge is -1.94. The summed E-state index contributed by atoms with van der Waals surface area (Å²) in [6, 6.07) is 5.25. The van der Waals surface area contributed by atoms with Crippen LogP contribution >= 0.6 is 0 Å². The Kier molecular flexibility index (Phi) is 2.11. The zero-order valence-electron chi connectivity index (χ0n) is 8.15. The standard InChI is InChI=1S/C11H10O4/c1-2-6-3-4-8-7(5-6)9(12)10(15-8)11(13)14/h3-5,12H,2H2,1H3,(H,13,14). The van der Waals surface area contributed by atoms with Crippen LogP contribution in [0.3, 0.4) is 0 Å². The second kappa shape index (κ2) is 3.31. The topological polar surface area (TPSA) is 70.7 Å². The Morgan fingerprint density at radius 2 is 2.20 bits per heavy atom. The third-order valence-corrected chi connectivity index (χ3v) is 2.33. The van der Waals surface area contributed by atoms with E-state index in [0.29, 0.717) is 11.0 Å². The number of fused-ring (bicyclic) bond motifs is 1. The molecule has 0 radical (unpaired) electrons. The average molecular weight is 206 g/mol. The highest BCUT2D eigenvalue weighted by atomic mass is 16.4. The van der Waals surface area contributed by atoms with Gasteiger partial charge < -0.3 is 14.6 Å². The van der Waals surface area contributed by atoms with Gasteiger partial charge in [-0.25, -0.2) is 4.79 Å². The van der Waals surface area contributed by atoms with Gasteiger partial charge in [0.2, 0.25) is 0 Å². The summed E-state index contributed by atoms with van der Waals surface area (Å²) in [5.74, 6) is -1.96. The third kappa shape index (κ3) is 1.44. The van der Waals surface area contributed by atoms with Gasteiger partial charge in [0.15, 0.2) is 5.75 Å². The molecule has 4 nitrogen and oxygen atoms in total. The smallest absolute Gasteiger partial charge is 0.375 e. The van der Waals surface area contributed by atoms with E-state index in [1.54, 1.807) is 12.1 Å². The van der Waals surface area contributed by atoms with Gasteiger partial charge in [-0.1, -0.05) is 13.0 Å². The van der Waals surface area contributed by atoms with Gasteiger partial charge in [0.05, 0.1) is 5.39 Å². The number of hydrogen-bond donors (Lipinski definition) is 2. The van der Waals surface area contributed by atoms with Crippen molar-refractivity contribution in [2.45, 2.75) is 13.3 Å². The minimum absolute atomic E-state index is 0.298. The van der Waals surface area contributed by atoms with E-state index >= 15 is 0 Å². The summed E-state index contributed by atoms with van der Waals surface area (Å²) in [7, 11) is 0. The van der Waals surface area contributed by atoms with Crippen molar-refractivity contribution in [1.82, 2.24) is 0 Å². The van der Waals surface area contributed by atoms with Crippen LogP contribution in [0.5, 0.6) is 5.75 Å². The molecule has 0 aliphatic heterocycles. The Hall–Kier alpha value is -1.97. The summed E-state index contributed by atoms with van der Waals surface area (Å²) in [4.78, 5) is 10.7. The van der Waals surface area contributed by atoms with Crippen molar-refractivity contribution in [1.29, 1.82) is 0 Å². The highest BCUT2D eigenvalue weighted by molar-refractivity contribution is 5.97. The lowest BCUT2D eigenvalue weighted by molar-refractivity contribution is 0.0660. The highest BCUT2D eigenvalue weighted by Crippen LogP contribution is 2.32. The van der Waals surface area contributed by atoms with Gasteiger partial charge in [-0.05, 0) is 24.1 Å². The van der Waals surface area contributed by atoms with Gasteiger partial charge in [0.1, 0.15) is 5.58 Å². The van der Waals surface area contributed by atoms with E-state index in [1.165, 1.54) is 0 Å². The van der Waals surface area contributed by atoms with E-state index in [2.05, 4.69) is 0 Å². The van der Waals surface area contributed by atoms with E-state index in [1.807, 2.05) is 13.0 Å². The van der Waals surface area contributed by atoms with Crippen molar-refractivity contribution in [3.63, 3.8) is 0 Å². The summed E-state index contributed by atoms with van der Waals surface area (Å²) in [6.45, 7) is 1.98. The summed E-state index contributed by atoms with van der Waals surface area (Å²) in [6.07, 6.45) is 0.822. The van der Waals surface area contributed by atoms with Gasteiger partial charge in [-0.3, -0.25) is 0 Å². The molecule has 0 bridgehead atoms. The molecule has 2 rings (SSSR count). The number of hydrogen-bond acceptors (Lipinski definition) is 3.